The van der Waals surface area contributed by atoms with Gasteiger partial charge in [-0.1, -0.05) is 0 Å². The number of aromatic nitrogens is 4. The third kappa shape index (κ3) is 1.76. The topological polar surface area (TPSA) is 110 Å². The number of nitrogen functional groups attached to an aromatic ring is 1. The second-order valence-corrected chi connectivity index (χ2v) is 4.62. The molecule has 0 bridgehead atoms. The van der Waals surface area contributed by atoms with E-state index >= 15 is 0 Å². The van der Waals surface area contributed by atoms with Crippen LogP contribution >= 0.6 is 0 Å². The summed E-state index contributed by atoms with van der Waals surface area (Å²) in [5.74, 6) is -0.942. The quantitative estimate of drug-likeness (QED) is 0.661. The van der Waals surface area contributed by atoms with Gasteiger partial charge < -0.3 is 15.9 Å². The third-order valence-corrected chi connectivity index (χ3v) is 3.38. The lowest BCUT2D eigenvalue weighted by Crippen LogP contribution is -2.12. The fraction of sp³-hybridized carbons (Fsp3) is 0.364. The van der Waals surface area contributed by atoms with E-state index in [0.717, 1.165) is 5.57 Å². The smallest absolute Gasteiger partial charge is 0.245 e. The Morgan fingerprint density at radius 1 is 1.42 bits per heavy atom. The van der Waals surface area contributed by atoms with Gasteiger partial charge in [0.2, 0.25) is 11.9 Å². The van der Waals surface area contributed by atoms with E-state index in [-0.39, 0.29) is 30.3 Å². The van der Waals surface area contributed by atoms with Gasteiger partial charge in [0.15, 0.2) is 11.2 Å². The highest BCUT2D eigenvalue weighted by atomic mass is 19.1. The van der Waals surface area contributed by atoms with E-state index in [2.05, 4.69) is 15.0 Å². The molecule has 0 aliphatic heterocycles. The van der Waals surface area contributed by atoms with Gasteiger partial charge in [0, 0.05) is 11.6 Å². The lowest BCUT2D eigenvalue weighted by molar-refractivity contribution is 0.143. The molecule has 1 aliphatic carbocycles. The number of nitrogens with two attached hydrogens (primary N) is 1. The summed E-state index contributed by atoms with van der Waals surface area (Å²) in [6.07, 6.45) is 3.66. The van der Waals surface area contributed by atoms with Crippen molar-refractivity contribution in [2.45, 2.75) is 6.42 Å². The second-order valence-electron chi connectivity index (χ2n) is 4.62. The predicted octanol–water partition coefficient (Wildman–Crippen LogP) is -0.237. The lowest BCUT2D eigenvalue weighted by Gasteiger charge is -2.05. The van der Waals surface area contributed by atoms with Gasteiger partial charge in [0.05, 0.1) is 13.2 Å². The molecular formula is C11H12FN5O2. The van der Waals surface area contributed by atoms with Crippen LogP contribution in [-0.2, 0) is 0 Å². The lowest BCUT2D eigenvalue weighted by atomic mass is 10.1. The van der Waals surface area contributed by atoms with E-state index in [1.807, 2.05) is 0 Å². The minimum Gasteiger partial charge on any atom is -0.395 e. The zero-order valence-corrected chi connectivity index (χ0v) is 9.91. The van der Waals surface area contributed by atoms with Crippen molar-refractivity contribution in [2.75, 3.05) is 18.9 Å². The molecule has 3 rings (SSSR count). The Hall–Kier alpha value is -2.06. The van der Waals surface area contributed by atoms with Crippen LogP contribution in [0.25, 0.3) is 17.4 Å². The fourth-order valence-electron chi connectivity index (χ4n) is 2.03. The number of aliphatic hydroxyl groups is 2. The Kier molecular flexibility index (Phi) is 2.51. The number of anilines is 1. The molecule has 0 aromatic carbocycles. The molecule has 19 heavy (non-hydrogen) atoms. The van der Waals surface area contributed by atoms with E-state index < -0.39 is 11.4 Å². The first-order valence-corrected chi connectivity index (χ1v) is 5.68. The average molecular weight is 265 g/mol. The highest BCUT2D eigenvalue weighted by molar-refractivity contribution is 5.74. The molecular weight excluding hydrogens is 253 g/mol. The number of fused-ring (bicyclic) bond motifs is 1. The van der Waals surface area contributed by atoms with E-state index in [9.17, 15) is 14.6 Å². The summed E-state index contributed by atoms with van der Waals surface area (Å²) in [6, 6.07) is 0. The summed E-state index contributed by atoms with van der Waals surface area (Å²) in [7, 11) is 0. The number of hydrogen-bond donors (Lipinski definition) is 3. The molecule has 4 N–H and O–H groups in total. The van der Waals surface area contributed by atoms with Gasteiger partial charge >= 0.3 is 0 Å². The first kappa shape index (κ1) is 12.0. The Morgan fingerprint density at radius 2 is 2.16 bits per heavy atom. The van der Waals surface area contributed by atoms with Crippen molar-refractivity contribution in [3.8, 4) is 0 Å². The van der Waals surface area contributed by atoms with Crippen LogP contribution in [0.15, 0.2) is 11.9 Å². The molecule has 0 saturated heterocycles. The Balaban J connectivity index is 2.06. The maximum Gasteiger partial charge on any atom is 0.245 e. The first-order chi connectivity index (χ1) is 9.09. The molecule has 7 nitrogen and oxygen atoms in total. The van der Waals surface area contributed by atoms with Crippen LogP contribution in [0.5, 0.6) is 0 Å². The van der Waals surface area contributed by atoms with Crippen LogP contribution in [0.2, 0.25) is 0 Å². The van der Waals surface area contributed by atoms with Gasteiger partial charge in [-0.15, -0.1) is 0 Å². The van der Waals surface area contributed by atoms with Crippen LogP contribution in [0.1, 0.15) is 6.42 Å². The number of nitrogens with zero attached hydrogens (tertiary/aromatic N) is 4. The molecule has 2 heterocycles. The molecule has 100 valence electrons. The predicted molar refractivity (Wildman–Crippen MR) is 65.2 cm³/mol. The molecule has 0 atom stereocenters. The average Bonchev–Trinajstić information content (AvgIpc) is 2.94. The Bertz CT molecular complexity index is 677. The van der Waals surface area contributed by atoms with Crippen molar-refractivity contribution in [2.24, 2.45) is 5.41 Å². The number of hydrogen-bond acceptors (Lipinski definition) is 6. The van der Waals surface area contributed by atoms with Crippen LogP contribution in [0.4, 0.5) is 10.3 Å². The summed E-state index contributed by atoms with van der Waals surface area (Å²) >= 11 is 0. The zero-order valence-electron chi connectivity index (χ0n) is 9.91. The molecule has 2 aromatic heterocycles. The van der Waals surface area contributed by atoms with Gasteiger partial charge in [-0.25, -0.2) is 4.98 Å². The summed E-state index contributed by atoms with van der Waals surface area (Å²) in [5.41, 5.74) is 5.97. The van der Waals surface area contributed by atoms with Crippen molar-refractivity contribution in [1.82, 2.24) is 19.5 Å². The minimum absolute atomic E-state index is 0.0327. The van der Waals surface area contributed by atoms with Gasteiger partial charge in [0.25, 0.3) is 0 Å². The van der Waals surface area contributed by atoms with Crippen LogP contribution in [0.3, 0.4) is 0 Å². The number of aliphatic hydroxyl groups excluding tert-OH is 2. The number of imidazole rings is 1. The summed E-state index contributed by atoms with van der Waals surface area (Å²) in [4.78, 5) is 11.2. The summed E-state index contributed by atoms with van der Waals surface area (Å²) in [6.45, 7) is -0.263. The molecule has 0 radical (unpaired) electrons. The summed E-state index contributed by atoms with van der Waals surface area (Å²) in [5, 5.41) is 18.5. The molecule has 1 saturated carbocycles. The highest BCUT2D eigenvalue weighted by Crippen LogP contribution is 2.51. The molecule has 0 spiro atoms. The highest BCUT2D eigenvalue weighted by Gasteiger charge is 2.48. The molecule has 1 fully saturated rings. The Labute approximate surface area is 107 Å². The molecule has 1 aliphatic rings. The fourth-order valence-corrected chi connectivity index (χ4v) is 2.03. The summed E-state index contributed by atoms with van der Waals surface area (Å²) < 4.78 is 15.0. The van der Waals surface area contributed by atoms with Crippen molar-refractivity contribution in [1.29, 1.82) is 0 Å². The molecule has 0 amide bonds. The first-order valence-electron chi connectivity index (χ1n) is 5.68. The van der Waals surface area contributed by atoms with Gasteiger partial charge in [-0.3, -0.25) is 4.57 Å². The van der Waals surface area contributed by atoms with E-state index in [1.54, 1.807) is 6.20 Å². The third-order valence-electron chi connectivity index (χ3n) is 3.38. The van der Waals surface area contributed by atoms with Crippen molar-refractivity contribution in [3.63, 3.8) is 0 Å². The van der Waals surface area contributed by atoms with Crippen LogP contribution < -0.4 is 5.73 Å². The largest absolute Gasteiger partial charge is 0.395 e. The number of rotatable bonds is 3. The van der Waals surface area contributed by atoms with Crippen molar-refractivity contribution >= 4 is 23.3 Å². The van der Waals surface area contributed by atoms with Crippen molar-refractivity contribution < 1.29 is 14.6 Å². The molecule has 2 aromatic rings. The van der Waals surface area contributed by atoms with Crippen LogP contribution in [0, 0.1) is 11.4 Å². The monoisotopic (exact) mass is 265 g/mol. The maximum atomic E-state index is 13.5. The van der Waals surface area contributed by atoms with E-state index in [0.29, 0.717) is 6.42 Å². The SMILES string of the molecule is Nc1nc(F)c2ncn(C=C3CC3(CO)CO)c2n1. The Morgan fingerprint density at radius 3 is 2.79 bits per heavy atom. The minimum atomic E-state index is -0.772. The normalized spacial score (nSPS) is 19.2. The van der Waals surface area contributed by atoms with Gasteiger partial charge in [0.1, 0.15) is 6.33 Å². The number of halogens is 1. The molecule has 8 heteroatoms. The van der Waals surface area contributed by atoms with Gasteiger partial charge in [-0.05, 0) is 12.0 Å². The second kappa shape index (κ2) is 3.97. The van der Waals surface area contributed by atoms with Crippen LogP contribution in [-0.4, -0.2) is 42.9 Å². The maximum absolute atomic E-state index is 13.5. The standard InChI is InChI=1S/C11H12FN5O2/c12-8-7-9(16-10(13)15-8)17(5-14-7)2-6-1-11(6,3-18)4-19/h2,5,18-19H,1,3-4H2,(H2,13,15,16). The van der Waals surface area contributed by atoms with E-state index in [1.165, 1.54) is 10.9 Å². The molecule has 0 unspecified atom stereocenters. The van der Waals surface area contributed by atoms with Crippen molar-refractivity contribution in [3.05, 3.63) is 17.8 Å². The zero-order chi connectivity index (χ0) is 13.6. The van der Waals surface area contributed by atoms with Gasteiger partial charge in [-0.2, -0.15) is 14.4 Å². The van der Waals surface area contributed by atoms with E-state index in [4.69, 9.17) is 5.73 Å².